The first-order chi connectivity index (χ1) is 20.2. The van der Waals surface area contributed by atoms with E-state index in [0.29, 0.717) is 47.5 Å². The fraction of sp³-hybridized carbons (Fsp3) is 0.581. The number of amides is 2. The van der Waals surface area contributed by atoms with Crippen molar-refractivity contribution in [3.05, 3.63) is 34.2 Å². The van der Waals surface area contributed by atoms with Gasteiger partial charge in [0.25, 0.3) is 0 Å². The number of fused-ring (bicyclic) bond motifs is 3. The SMILES string of the molecule is CCN(C(=O)OC(C)(C)C)c1cc(Cl)c(Cl)c2c1c(-c1cnn(C3CCCCO3)c1)c1n2CCN(C(=O)OC(C)(C)C)C1. The lowest BCUT2D eigenvalue weighted by atomic mass is 10.0. The molecule has 1 saturated heterocycles. The first kappa shape index (κ1) is 31.5. The molecule has 2 aliphatic heterocycles. The number of carbonyl (C=O) groups is 2. The first-order valence-electron chi connectivity index (χ1n) is 14.9. The highest BCUT2D eigenvalue weighted by molar-refractivity contribution is 6.46. The van der Waals surface area contributed by atoms with Gasteiger partial charge in [-0.05, 0) is 73.8 Å². The Morgan fingerprint density at radius 2 is 1.81 bits per heavy atom. The number of anilines is 1. The molecular formula is C31H41Cl2N5O5. The summed E-state index contributed by atoms with van der Waals surface area (Å²) >= 11 is 13.7. The van der Waals surface area contributed by atoms with Crippen LogP contribution in [-0.4, -0.2) is 62.3 Å². The Morgan fingerprint density at radius 3 is 2.44 bits per heavy atom. The Bertz CT molecular complexity index is 1530. The van der Waals surface area contributed by atoms with Crippen molar-refractivity contribution in [2.24, 2.45) is 0 Å². The van der Waals surface area contributed by atoms with E-state index in [9.17, 15) is 9.59 Å². The van der Waals surface area contributed by atoms with E-state index >= 15 is 0 Å². The van der Waals surface area contributed by atoms with Gasteiger partial charge in [-0.2, -0.15) is 5.10 Å². The van der Waals surface area contributed by atoms with E-state index < -0.39 is 23.4 Å². The Hall–Kier alpha value is -2.95. The molecule has 1 atom stereocenters. The summed E-state index contributed by atoms with van der Waals surface area (Å²) in [4.78, 5) is 30.0. The molecule has 0 N–H and O–H groups in total. The molecule has 2 aromatic heterocycles. The smallest absolute Gasteiger partial charge is 0.414 e. The predicted octanol–water partition coefficient (Wildman–Crippen LogP) is 8.02. The normalized spacial score (nSPS) is 17.6. The van der Waals surface area contributed by atoms with Crippen LogP contribution in [0, 0.1) is 0 Å². The van der Waals surface area contributed by atoms with E-state index in [1.807, 2.05) is 59.3 Å². The lowest BCUT2D eigenvalue weighted by Gasteiger charge is -2.31. The maximum absolute atomic E-state index is 13.5. The minimum atomic E-state index is -0.697. The number of ether oxygens (including phenoxy) is 3. The van der Waals surface area contributed by atoms with Gasteiger partial charge in [0.2, 0.25) is 0 Å². The number of rotatable bonds is 4. The average molecular weight is 635 g/mol. The van der Waals surface area contributed by atoms with Crippen molar-refractivity contribution in [1.82, 2.24) is 19.2 Å². The molecule has 1 unspecified atom stereocenters. The Morgan fingerprint density at radius 1 is 1.09 bits per heavy atom. The standard InChI is InChI=1S/C31H41Cl2N5O5/c1-8-36(29(40)43-31(5,6)7)21-15-20(32)26(33)27-25(21)24(19-16-34-38(17-19)23-11-9-10-14-41-23)22-18-35(12-13-37(22)27)28(39)42-30(2,3)4/h15-17,23H,8-14,18H2,1-7H3. The van der Waals surface area contributed by atoms with Crippen LogP contribution in [0.15, 0.2) is 18.5 Å². The number of hydrogen-bond donors (Lipinski definition) is 0. The highest BCUT2D eigenvalue weighted by atomic mass is 35.5. The van der Waals surface area contributed by atoms with Crippen molar-refractivity contribution in [1.29, 1.82) is 0 Å². The number of aromatic nitrogens is 3. The molecule has 12 heteroatoms. The molecule has 0 radical (unpaired) electrons. The van der Waals surface area contributed by atoms with Gasteiger partial charge in [0.1, 0.15) is 17.4 Å². The summed E-state index contributed by atoms with van der Waals surface area (Å²) in [5, 5.41) is 6.12. The van der Waals surface area contributed by atoms with Crippen LogP contribution in [0.5, 0.6) is 0 Å². The zero-order valence-electron chi connectivity index (χ0n) is 26.0. The highest BCUT2D eigenvalue weighted by Gasteiger charge is 2.35. The Labute approximate surface area is 262 Å². The molecule has 0 aliphatic carbocycles. The third-order valence-corrected chi connectivity index (χ3v) is 8.23. The topological polar surface area (TPSA) is 91.1 Å². The summed E-state index contributed by atoms with van der Waals surface area (Å²) in [5.74, 6) is 0. The van der Waals surface area contributed by atoms with Gasteiger partial charge in [0.15, 0.2) is 0 Å². The highest BCUT2D eigenvalue weighted by Crippen LogP contribution is 2.47. The molecule has 10 nitrogen and oxygen atoms in total. The van der Waals surface area contributed by atoms with Crippen LogP contribution in [0.4, 0.5) is 15.3 Å². The van der Waals surface area contributed by atoms with Gasteiger partial charge in [-0.3, -0.25) is 4.90 Å². The van der Waals surface area contributed by atoms with E-state index in [2.05, 4.69) is 9.67 Å². The summed E-state index contributed by atoms with van der Waals surface area (Å²) in [6, 6.07) is 1.72. The van der Waals surface area contributed by atoms with Gasteiger partial charge in [-0.15, -0.1) is 0 Å². The maximum atomic E-state index is 13.5. The average Bonchev–Trinajstić information content (AvgIpc) is 3.53. The summed E-state index contributed by atoms with van der Waals surface area (Å²) < 4.78 is 21.5. The van der Waals surface area contributed by atoms with Crippen LogP contribution in [0.2, 0.25) is 10.0 Å². The molecule has 0 bridgehead atoms. The van der Waals surface area contributed by atoms with Gasteiger partial charge in [-0.25, -0.2) is 14.3 Å². The van der Waals surface area contributed by atoms with Crippen LogP contribution in [-0.2, 0) is 27.3 Å². The molecular weight excluding hydrogens is 593 g/mol. The molecule has 5 rings (SSSR count). The third-order valence-electron chi connectivity index (χ3n) is 7.46. The predicted molar refractivity (Wildman–Crippen MR) is 168 cm³/mol. The minimum absolute atomic E-state index is 0.156. The number of hydrogen-bond acceptors (Lipinski definition) is 6. The fourth-order valence-corrected chi connectivity index (χ4v) is 6.13. The van der Waals surface area contributed by atoms with Crippen molar-refractivity contribution in [3.8, 4) is 11.1 Å². The third kappa shape index (κ3) is 6.47. The Balaban J connectivity index is 1.73. The van der Waals surface area contributed by atoms with E-state index in [4.69, 9.17) is 37.4 Å². The Kier molecular flexibility index (Phi) is 8.68. The first-order valence-corrected chi connectivity index (χ1v) is 15.6. The number of benzene rings is 1. The lowest BCUT2D eigenvalue weighted by molar-refractivity contribution is -0.0394. The molecule has 2 aliphatic rings. The van der Waals surface area contributed by atoms with Gasteiger partial charge in [0, 0.05) is 54.6 Å². The molecule has 234 valence electrons. The van der Waals surface area contributed by atoms with E-state index in [-0.39, 0.29) is 12.8 Å². The van der Waals surface area contributed by atoms with E-state index in [1.54, 1.807) is 22.1 Å². The van der Waals surface area contributed by atoms with E-state index in [0.717, 1.165) is 41.5 Å². The van der Waals surface area contributed by atoms with Crippen molar-refractivity contribution in [2.45, 2.75) is 98.2 Å². The molecule has 3 aromatic rings. The van der Waals surface area contributed by atoms with Gasteiger partial charge >= 0.3 is 12.2 Å². The van der Waals surface area contributed by atoms with Crippen molar-refractivity contribution >= 4 is 52.0 Å². The molecule has 4 heterocycles. The van der Waals surface area contributed by atoms with Crippen molar-refractivity contribution in [3.63, 3.8) is 0 Å². The molecule has 0 saturated carbocycles. The van der Waals surface area contributed by atoms with Crippen LogP contribution < -0.4 is 4.90 Å². The molecule has 43 heavy (non-hydrogen) atoms. The fourth-order valence-electron chi connectivity index (χ4n) is 5.68. The van der Waals surface area contributed by atoms with E-state index in [1.165, 1.54) is 0 Å². The largest absolute Gasteiger partial charge is 0.444 e. The molecule has 2 amide bonds. The van der Waals surface area contributed by atoms with Crippen LogP contribution in [0.25, 0.3) is 22.0 Å². The quantitative estimate of drug-likeness (QED) is 0.289. The van der Waals surface area contributed by atoms with Gasteiger partial charge < -0.3 is 23.7 Å². The molecule has 0 spiro atoms. The summed E-state index contributed by atoms with van der Waals surface area (Å²) in [7, 11) is 0. The van der Waals surface area contributed by atoms with Crippen LogP contribution in [0.1, 0.15) is 79.7 Å². The van der Waals surface area contributed by atoms with Gasteiger partial charge in [0.05, 0.1) is 34.0 Å². The van der Waals surface area contributed by atoms with Crippen molar-refractivity contribution in [2.75, 3.05) is 24.6 Å². The summed E-state index contributed by atoms with van der Waals surface area (Å²) in [5.41, 5.74) is 2.42. The summed E-state index contributed by atoms with van der Waals surface area (Å²) in [6.07, 6.45) is 5.69. The number of nitrogens with zero attached hydrogens (tertiary/aromatic N) is 5. The summed E-state index contributed by atoms with van der Waals surface area (Å²) in [6.45, 7) is 15.1. The number of carbonyl (C=O) groups excluding carboxylic acids is 2. The second-order valence-corrected chi connectivity index (χ2v) is 13.8. The molecule has 1 fully saturated rings. The second-order valence-electron chi connectivity index (χ2n) is 13.0. The second kappa shape index (κ2) is 11.9. The zero-order valence-corrected chi connectivity index (χ0v) is 27.5. The van der Waals surface area contributed by atoms with Crippen LogP contribution >= 0.6 is 23.2 Å². The monoisotopic (exact) mass is 633 g/mol. The van der Waals surface area contributed by atoms with Gasteiger partial charge in [-0.1, -0.05) is 23.2 Å². The lowest BCUT2D eigenvalue weighted by Crippen LogP contribution is -2.41. The number of halogens is 2. The zero-order chi connectivity index (χ0) is 31.3. The maximum Gasteiger partial charge on any atom is 0.414 e. The van der Waals surface area contributed by atoms with Crippen LogP contribution in [0.3, 0.4) is 0 Å². The van der Waals surface area contributed by atoms with Crippen molar-refractivity contribution < 1.29 is 23.8 Å². The minimum Gasteiger partial charge on any atom is -0.444 e. The molecule has 1 aromatic carbocycles.